The van der Waals surface area contributed by atoms with E-state index >= 15 is 0 Å². The number of methoxy groups -OCH3 is 2. The lowest BCUT2D eigenvalue weighted by Gasteiger charge is -2.29. The number of rotatable bonds is 9. The molecule has 1 aromatic heterocycles. The number of carbonyl (C=O) groups excluding carboxylic acids is 3. The Hall–Kier alpha value is -2.93. The first kappa shape index (κ1) is 24.3. The zero-order valence-electron chi connectivity index (χ0n) is 19.4. The second-order valence-corrected chi connectivity index (χ2v) is 7.74. The van der Waals surface area contributed by atoms with Gasteiger partial charge in [-0.25, -0.2) is 4.79 Å². The van der Waals surface area contributed by atoms with Crippen LogP contribution in [0.1, 0.15) is 61.4 Å². The van der Waals surface area contributed by atoms with Crippen LogP contribution >= 0.6 is 0 Å². The highest BCUT2D eigenvalue weighted by atomic mass is 16.5. The largest absolute Gasteiger partial charge is 0.464 e. The third-order valence-corrected chi connectivity index (χ3v) is 5.71. The van der Waals surface area contributed by atoms with E-state index in [1.165, 1.54) is 7.11 Å². The van der Waals surface area contributed by atoms with E-state index in [1.807, 2.05) is 19.1 Å². The molecular formula is C24H32N2O5. The normalized spacial score (nSPS) is 11.8. The van der Waals surface area contributed by atoms with Crippen LogP contribution in [-0.4, -0.2) is 60.5 Å². The molecule has 1 heterocycles. The third kappa shape index (κ3) is 5.05. The fourth-order valence-corrected chi connectivity index (χ4v) is 3.79. The lowest BCUT2D eigenvalue weighted by atomic mass is 9.99. The number of carbonyl (C=O) groups is 3. The average molecular weight is 429 g/mol. The number of hydrogen-bond donors (Lipinski definition) is 0. The Balaban J connectivity index is 2.43. The number of nitrogens with zero attached hydrogens (tertiary/aromatic N) is 2. The van der Waals surface area contributed by atoms with Gasteiger partial charge in [0.05, 0.1) is 13.2 Å². The summed E-state index contributed by atoms with van der Waals surface area (Å²) in [6, 6.07) is 6.58. The van der Waals surface area contributed by atoms with Gasteiger partial charge in [0.25, 0.3) is 5.91 Å². The van der Waals surface area contributed by atoms with Gasteiger partial charge in [0.15, 0.2) is 5.78 Å². The molecule has 1 atom stereocenters. The smallest absolute Gasteiger partial charge is 0.354 e. The maximum absolute atomic E-state index is 13.5. The van der Waals surface area contributed by atoms with Crippen molar-refractivity contribution in [1.29, 1.82) is 0 Å². The van der Waals surface area contributed by atoms with Crippen molar-refractivity contribution < 1.29 is 23.9 Å². The Morgan fingerprint density at radius 3 is 2.23 bits per heavy atom. The van der Waals surface area contributed by atoms with Crippen molar-refractivity contribution in [2.24, 2.45) is 7.05 Å². The highest BCUT2D eigenvalue weighted by molar-refractivity contribution is 6.07. The van der Waals surface area contributed by atoms with Gasteiger partial charge in [-0.1, -0.05) is 17.7 Å². The Labute approximate surface area is 183 Å². The second-order valence-electron chi connectivity index (χ2n) is 7.74. The number of ketones is 1. The quantitative estimate of drug-likeness (QED) is 0.347. The van der Waals surface area contributed by atoms with Crippen molar-refractivity contribution in [2.75, 3.05) is 27.4 Å². The lowest BCUT2D eigenvalue weighted by Crippen LogP contribution is -2.44. The zero-order chi connectivity index (χ0) is 23.3. The van der Waals surface area contributed by atoms with Gasteiger partial charge in [0, 0.05) is 44.1 Å². The van der Waals surface area contributed by atoms with Gasteiger partial charge in [-0.15, -0.1) is 0 Å². The number of aromatic nitrogens is 1. The molecule has 0 saturated heterocycles. The predicted molar refractivity (Wildman–Crippen MR) is 119 cm³/mol. The number of Topliss-reactive ketones (excluding diaryl/α,β-unsaturated/α-hetero) is 1. The Bertz CT molecular complexity index is 959. The Kier molecular flexibility index (Phi) is 8.16. The van der Waals surface area contributed by atoms with E-state index in [-0.39, 0.29) is 11.7 Å². The highest BCUT2D eigenvalue weighted by Crippen LogP contribution is 2.25. The molecule has 2 aromatic rings. The number of ether oxygens (including phenoxy) is 2. The van der Waals surface area contributed by atoms with E-state index in [0.29, 0.717) is 47.7 Å². The minimum Gasteiger partial charge on any atom is -0.464 e. The number of esters is 1. The molecule has 0 aliphatic heterocycles. The number of hydrogen-bond acceptors (Lipinski definition) is 5. The van der Waals surface area contributed by atoms with Crippen LogP contribution in [0.3, 0.4) is 0 Å². The maximum atomic E-state index is 13.5. The minimum absolute atomic E-state index is 0.210. The first-order chi connectivity index (χ1) is 14.6. The predicted octanol–water partition coefficient (Wildman–Crippen LogP) is 3.49. The van der Waals surface area contributed by atoms with Gasteiger partial charge in [-0.3, -0.25) is 9.59 Å². The van der Waals surface area contributed by atoms with Gasteiger partial charge in [-0.2, -0.15) is 0 Å². The first-order valence-electron chi connectivity index (χ1n) is 10.3. The van der Waals surface area contributed by atoms with Crippen LogP contribution in [-0.2, 0) is 16.5 Å². The van der Waals surface area contributed by atoms with Crippen LogP contribution in [0.25, 0.3) is 0 Å². The number of amides is 1. The molecular weight excluding hydrogens is 396 g/mol. The summed E-state index contributed by atoms with van der Waals surface area (Å²) in [7, 11) is 4.64. The molecule has 0 fully saturated rings. The summed E-state index contributed by atoms with van der Waals surface area (Å²) < 4.78 is 11.7. The molecule has 0 radical (unpaired) electrons. The molecule has 0 aliphatic rings. The fourth-order valence-electron chi connectivity index (χ4n) is 3.79. The van der Waals surface area contributed by atoms with Gasteiger partial charge >= 0.3 is 5.97 Å². The highest BCUT2D eigenvalue weighted by Gasteiger charge is 2.32. The fraction of sp³-hybridized carbons (Fsp3) is 0.458. The van der Waals surface area contributed by atoms with Crippen molar-refractivity contribution in [3.63, 3.8) is 0 Å². The Morgan fingerprint density at radius 1 is 1.06 bits per heavy atom. The van der Waals surface area contributed by atoms with E-state index in [9.17, 15) is 14.4 Å². The van der Waals surface area contributed by atoms with Crippen molar-refractivity contribution >= 4 is 17.7 Å². The van der Waals surface area contributed by atoms with Crippen molar-refractivity contribution in [3.8, 4) is 0 Å². The number of aryl methyl sites for hydroxylation is 1. The van der Waals surface area contributed by atoms with Gasteiger partial charge in [-0.05, 0) is 51.8 Å². The van der Waals surface area contributed by atoms with Gasteiger partial charge in [0.1, 0.15) is 5.69 Å². The van der Waals surface area contributed by atoms with Gasteiger partial charge in [0.2, 0.25) is 0 Å². The molecule has 0 spiro atoms. The van der Waals surface area contributed by atoms with Crippen LogP contribution in [0.4, 0.5) is 0 Å². The molecule has 1 amide bonds. The standard InChI is InChI=1S/C24H32N2O5/c1-15-9-11-19(12-10-15)23(28)26(13-8-14-30-6)18(4)22(27)20-16(2)21(24(29)31-7)25(5)17(20)3/h9-12,18H,8,13-14H2,1-7H3. The molecule has 0 bridgehead atoms. The second kappa shape index (κ2) is 10.4. The van der Waals surface area contributed by atoms with Crippen LogP contribution in [0.2, 0.25) is 0 Å². The SMILES string of the molecule is COCCCN(C(=O)c1ccc(C)cc1)C(C)C(=O)c1c(C)c(C(=O)OC)n(C)c1C. The van der Waals surface area contributed by atoms with E-state index in [2.05, 4.69) is 0 Å². The van der Waals surface area contributed by atoms with E-state index in [1.54, 1.807) is 56.5 Å². The number of benzene rings is 1. The molecule has 31 heavy (non-hydrogen) atoms. The zero-order valence-corrected chi connectivity index (χ0v) is 19.4. The molecule has 7 nitrogen and oxygen atoms in total. The van der Waals surface area contributed by atoms with Crippen LogP contribution in [0, 0.1) is 20.8 Å². The van der Waals surface area contributed by atoms with Gasteiger partial charge < -0.3 is 18.9 Å². The van der Waals surface area contributed by atoms with Crippen molar-refractivity contribution in [2.45, 2.75) is 40.2 Å². The van der Waals surface area contributed by atoms with Crippen LogP contribution in [0.5, 0.6) is 0 Å². The summed E-state index contributed by atoms with van der Waals surface area (Å²) in [5.41, 5.74) is 3.59. The molecule has 0 aliphatic carbocycles. The molecule has 0 N–H and O–H groups in total. The lowest BCUT2D eigenvalue weighted by molar-refractivity contribution is 0.0587. The third-order valence-electron chi connectivity index (χ3n) is 5.71. The van der Waals surface area contributed by atoms with Crippen LogP contribution < -0.4 is 0 Å². The topological polar surface area (TPSA) is 77.8 Å². The first-order valence-corrected chi connectivity index (χ1v) is 10.3. The molecule has 168 valence electrons. The molecule has 0 saturated carbocycles. The summed E-state index contributed by atoms with van der Waals surface area (Å²) >= 11 is 0. The summed E-state index contributed by atoms with van der Waals surface area (Å²) in [4.78, 5) is 40.6. The summed E-state index contributed by atoms with van der Waals surface area (Å²) in [6.45, 7) is 8.06. The van der Waals surface area contributed by atoms with Crippen molar-refractivity contribution in [3.05, 3.63) is 57.9 Å². The minimum atomic E-state index is -0.712. The summed E-state index contributed by atoms with van der Waals surface area (Å²) in [5, 5.41) is 0. The Morgan fingerprint density at radius 2 is 1.68 bits per heavy atom. The average Bonchev–Trinajstić information content (AvgIpc) is 2.98. The monoisotopic (exact) mass is 428 g/mol. The van der Waals surface area contributed by atoms with E-state index < -0.39 is 12.0 Å². The van der Waals surface area contributed by atoms with E-state index in [4.69, 9.17) is 9.47 Å². The summed E-state index contributed by atoms with van der Waals surface area (Å²) in [5.74, 6) is -0.919. The van der Waals surface area contributed by atoms with Crippen molar-refractivity contribution in [1.82, 2.24) is 9.47 Å². The molecule has 7 heteroatoms. The summed E-state index contributed by atoms with van der Waals surface area (Å²) in [6.07, 6.45) is 0.603. The maximum Gasteiger partial charge on any atom is 0.354 e. The molecule has 2 rings (SSSR count). The molecule has 1 aromatic carbocycles. The van der Waals surface area contributed by atoms with Crippen LogP contribution in [0.15, 0.2) is 24.3 Å². The molecule has 1 unspecified atom stereocenters. The van der Waals surface area contributed by atoms with E-state index in [0.717, 1.165) is 5.56 Å².